The zero-order chi connectivity index (χ0) is 11.6. The van der Waals surface area contributed by atoms with E-state index in [2.05, 4.69) is 49.4 Å². The van der Waals surface area contributed by atoms with Crippen LogP contribution in [0.4, 0.5) is 0 Å². The van der Waals surface area contributed by atoms with Crippen LogP contribution in [0, 0.1) is 5.41 Å². The number of hydrogen-bond donors (Lipinski definition) is 1. The summed E-state index contributed by atoms with van der Waals surface area (Å²) >= 11 is 0. The maximum Gasteiger partial charge on any atom is 0.147 e. The molecule has 86 valence electrons. The fraction of sp³-hybridized carbons (Fsp3) is 0.818. The molecule has 0 atom stereocenters. The van der Waals surface area contributed by atoms with E-state index in [1.807, 2.05) is 0 Å². The highest BCUT2D eigenvalue weighted by atomic mass is 15.3. The average molecular weight is 210 g/mol. The van der Waals surface area contributed by atoms with E-state index in [4.69, 9.17) is 5.73 Å². The molecule has 0 amide bonds. The lowest BCUT2D eigenvalue weighted by molar-refractivity contribution is 0.384. The van der Waals surface area contributed by atoms with Crippen LogP contribution in [0.15, 0.2) is 0 Å². The van der Waals surface area contributed by atoms with Crippen molar-refractivity contribution >= 4 is 0 Å². The SMILES string of the molecule is CC(C)n1c(CN)nnc1CC(C)(C)C. The van der Waals surface area contributed by atoms with Gasteiger partial charge in [0.2, 0.25) is 0 Å². The molecule has 0 bridgehead atoms. The summed E-state index contributed by atoms with van der Waals surface area (Å²) in [6.45, 7) is 11.3. The normalized spacial score (nSPS) is 12.5. The van der Waals surface area contributed by atoms with Gasteiger partial charge in [-0.1, -0.05) is 20.8 Å². The molecule has 1 aromatic heterocycles. The molecule has 1 heterocycles. The highest BCUT2D eigenvalue weighted by Crippen LogP contribution is 2.22. The van der Waals surface area contributed by atoms with Gasteiger partial charge in [0.15, 0.2) is 0 Å². The summed E-state index contributed by atoms with van der Waals surface area (Å²) in [5, 5.41) is 8.35. The topological polar surface area (TPSA) is 56.7 Å². The molecule has 0 radical (unpaired) electrons. The van der Waals surface area contributed by atoms with Crippen LogP contribution < -0.4 is 5.73 Å². The number of nitrogens with two attached hydrogens (primary N) is 1. The van der Waals surface area contributed by atoms with Crippen LogP contribution in [-0.2, 0) is 13.0 Å². The van der Waals surface area contributed by atoms with Gasteiger partial charge >= 0.3 is 0 Å². The van der Waals surface area contributed by atoms with Crippen LogP contribution in [0.2, 0.25) is 0 Å². The smallest absolute Gasteiger partial charge is 0.147 e. The van der Waals surface area contributed by atoms with Crippen molar-refractivity contribution in [3.63, 3.8) is 0 Å². The molecule has 1 rings (SSSR count). The Balaban J connectivity index is 3.03. The molecular weight excluding hydrogens is 188 g/mol. The molecule has 0 spiro atoms. The molecule has 4 heteroatoms. The van der Waals surface area contributed by atoms with Crippen LogP contribution in [0.5, 0.6) is 0 Å². The summed E-state index contributed by atoms with van der Waals surface area (Å²) in [5.41, 5.74) is 5.87. The van der Waals surface area contributed by atoms with Crippen LogP contribution in [0.1, 0.15) is 52.3 Å². The summed E-state index contributed by atoms with van der Waals surface area (Å²) in [6, 6.07) is 0.371. The molecule has 0 aromatic carbocycles. The van der Waals surface area contributed by atoms with Gasteiger partial charge in [0.1, 0.15) is 11.6 Å². The molecule has 2 N–H and O–H groups in total. The molecule has 15 heavy (non-hydrogen) atoms. The van der Waals surface area contributed by atoms with Crippen LogP contribution in [0.25, 0.3) is 0 Å². The molecule has 0 saturated carbocycles. The maximum atomic E-state index is 5.64. The predicted molar refractivity (Wildman–Crippen MR) is 61.5 cm³/mol. The third kappa shape index (κ3) is 3.02. The standard InChI is InChI=1S/C11H22N4/c1-8(2)15-9(6-11(3,4)5)13-14-10(15)7-12/h8H,6-7,12H2,1-5H3. The van der Waals surface area contributed by atoms with Crippen molar-refractivity contribution in [1.29, 1.82) is 0 Å². The molecule has 0 saturated heterocycles. The van der Waals surface area contributed by atoms with Crippen LogP contribution in [-0.4, -0.2) is 14.8 Å². The molecule has 4 nitrogen and oxygen atoms in total. The zero-order valence-electron chi connectivity index (χ0n) is 10.4. The van der Waals surface area contributed by atoms with Gasteiger partial charge in [0.05, 0.1) is 6.54 Å². The minimum absolute atomic E-state index is 0.228. The van der Waals surface area contributed by atoms with Crippen molar-refractivity contribution in [3.05, 3.63) is 11.6 Å². The van der Waals surface area contributed by atoms with Crippen LogP contribution >= 0.6 is 0 Å². The maximum absolute atomic E-state index is 5.64. The van der Waals surface area contributed by atoms with Gasteiger partial charge in [-0.15, -0.1) is 10.2 Å². The molecule has 0 fully saturated rings. The minimum atomic E-state index is 0.228. The highest BCUT2D eigenvalue weighted by Gasteiger charge is 2.19. The fourth-order valence-electron chi connectivity index (χ4n) is 1.69. The Morgan fingerprint density at radius 3 is 2.13 bits per heavy atom. The van der Waals surface area contributed by atoms with Crippen molar-refractivity contribution in [1.82, 2.24) is 14.8 Å². The van der Waals surface area contributed by atoms with Gasteiger partial charge in [-0.05, 0) is 19.3 Å². The van der Waals surface area contributed by atoms with Gasteiger partial charge in [-0.25, -0.2) is 0 Å². The Morgan fingerprint density at radius 1 is 1.20 bits per heavy atom. The van der Waals surface area contributed by atoms with Gasteiger partial charge in [-0.3, -0.25) is 0 Å². The summed E-state index contributed by atoms with van der Waals surface area (Å²) in [6.07, 6.45) is 0.929. The monoisotopic (exact) mass is 210 g/mol. The van der Waals surface area contributed by atoms with Gasteiger partial charge < -0.3 is 10.3 Å². The lowest BCUT2D eigenvalue weighted by Gasteiger charge is -2.20. The van der Waals surface area contributed by atoms with E-state index in [0.29, 0.717) is 12.6 Å². The fourth-order valence-corrected chi connectivity index (χ4v) is 1.69. The Bertz CT molecular complexity index is 320. The zero-order valence-corrected chi connectivity index (χ0v) is 10.4. The van der Waals surface area contributed by atoms with Gasteiger partial charge in [0, 0.05) is 12.5 Å². The van der Waals surface area contributed by atoms with E-state index in [0.717, 1.165) is 18.1 Å². The van der Waals surface area contributed by atoms with Gasteiger partial charge in [0.25, 0.3) is 0 Å². The average Bonchev–Trinajstić information content (AvgIpc) is 2.44. The van der Waals surface area contributed by atoms with E-state index in [-0.39, 0.29) is 5.41 Å². The third-order valence-electron chi connectivity index (χ3n) is 2.22. The Hall–Kier alpha value is -0.900. The van der Waals surface area contributed by atoms with Crippen molar-refractivity contribution in [2.75, 3.05) is 0 Å². The second-order valence-electron chi connectivity index (χ2n) is 5.44. The van der Waals surface area contributed by atoms with E-state index in [1.54, 1.807) is 0 Å². The van der Waals surface area contributed by atoms with Crippen molar-refractivity contribution in [2.45, 2.75) is 53.6 Å². The number of hydrogen-bond acceptors (Lipinski definition) is 3. The largest absolute Gasteiger partial charge is 0.324 e. The molecule has 1 aromatic rings. The summed E-state index contributed by atoms with van der Waals surface area (Å²) < 4.78 is 2.14. The number of nitrogens with zero attached hydrogens (tertiary/aromatic N) is 3. The van der Waals surface area contributed by atoms with Crippen molar-refractivity contribution in [3.8, 4) is 0 Å². The first-order valence-electron chi connectivity index (χ1n) is 5.48. The predicted octanol–water partition coefficient (Wildman–Crippen LogP) is 1.91. The van der Waals surface area contributed by atoms with Gasteiger partial charge in [-0.2, -0.15) is 0 Å². The molecule has 0 aliphatic rings. The van der Waals surface area contributed by atoms with E-state index >= 15 is 0 Å². The molecule has 0 unspecified atom stereocenters. The molecular formula is C11H22N4. The summed E-state index contributed by atoms with van der Waals surface area (Å²) in [4.78, 5) is 0. The third-order valence-corrected chi connectivity index (χ3v) is 2.22. The van der Waals surface area contributed by atoms with E-state index < -0.39 is 0 Å². The van der Waals surface area contributed by atoms with Crippen molar-refractivity contribution < 1.29 is 0 Å². The lowest BCUT2D eigenvalue weighted by Crippen LogP contribution is -2.18. The van der Waals surface area contributed by atoms with E-state index in [9.17, 15) is 0 Å². The first-order valence-corrected chi connectivity index (χ1v) is 5.48. The minimum Gasteiger partial charge on any atom is -0.324 e. The first-order chi connectivity index (χ1) is 6.85. The number of aromatic nitrogens is 3. The highest BCUT2D eigenvalue weighted by molar-refractivity contribution is 4.99. The molecule has 0 aliphatic heterocycles. The summed E-state index contributed by atoms with van der Waals surface area (Å²) in [7, 11) is 0. The number of rotatable bonds is 3. The lowest BCUT2D eigenvalue weighted by atomic mass is 9.92. The summed E-state index contributed by atoms with van der Waals surface area (Å²) in [5.74, 6) is 1.92. The second kappa shape index (κ2) is 4.31. The Morgan fingerprint density at radius 2 is 1.73 bits per heavy atom. The van der Waals surface area contributed by atoms with Crippen LogP contribution in [0.3, 0.4) is 0 Å². The second-order valence-corrected chi connectivity index (χ2v) is 5.44. The van der Waals surface area contributed by atoms with E-state index in [1.165, 1.54) is 0 Å². The quantitative estimate of drug-likeness (QED) is 0.829. The Labute approximate surface area is 91.9 Å². The first kappa shape index (κ1) is 12.2. The Kier molecular flexibility index (Phi) is 3.50. The van der Waals surface area contributed by atoms with Crippen molar-refractivity contribution in [2.24, 2.45) is 11.1 Å². The molecule has 0 aliphatic carbocycles.